The molecule has 0 bridgehead atoms. The third-order valence-electron chi connectivity index (χ3n) is 3.87. The van der Waals surface area contributed by atoms with Crippen molar-refractivity contribution in [2.75, 3.05) is 11.4 Å². The first-order valence-corrected chi connectivity index (χ1v) is 8.45. The number of amides is 2. The number of rotatable bonds is 5. The Hall–Kier alpha value is -2.28. The predicted octanol–water partition coefficient (Wildman–Crippen LogP) is 2.16. The van der Waals surface area contributed by atoms with Gasteiger partial charge in [0.05, 0.1) is 5.69 Å². The second kappa shape index (κ2) is 6.87. The van der Waals surface area contributed by atoms with E-state index in [1.165, 1.54) is 0 Å². The SMILES string of the molecule is CCc1nnsc1C(=O)NCc1ccc(N2CCCC2=O)cc1. The first kappa shape index (κ1) is 15.6. The van der Waals surface area contributed by atoms with Crippen molar-refractivity contribution in [1.29, 1.82) is 0 Å². The monoisotopic (exact) mass is 330 g/mol. The third-order valence-corrected chi connectivity index (χ3v) is 4.64. The number of nitrogens with one attached hydrogen (secondary N) is 1. The molecule has 6 nitrogen and oxygen atoms in total. The van der Waals surface area contributed by atoms with Crippen LogP contribution < -0.4 is 10.2 Å². The number of aryl methyl sites for hydroxylation is 1. The molecule has 2 amide bonds. The summed E-state index contributed by atoms with van der Waals surface area (Å²) in [6, 6.07) is 7.73. The quantitative estimate of drug-likeness (QED) is 0.911. The Labute approximate surface area is 138 Å². The van der Waals surface area contributed by atoms with Crippen LogP contribution in [0.2, 0.25) is 0 Å². The summed E-state index contributed by atoms with van der Waals surface area (Å²) in [5, 5.41) is 6.83. The van der Waals surface area contributed by atoms with Gasteiger partial charge in [0.1, 0.15) is 4.88 Å². The van der Waals surface area contributed by atoms with Crippen LogP contribution in [0.4, 0.5) is 5.69 Å². The zero-order valence-electron chi connectivity index (χ0n) is 12.9. The molecular formula is C16H18N4O2S. The number of anilines is 1. The number of hydrogen-bond acceptors (Lipinski definition) is 5. The van der Waals surface area contributed by atoms with Crippen molar-refractivity contribution in [3.8, 4) is 0 Å². The van der Waals surface area contributed by atoms with E-state index in [2.05, 4.69) is 14.9 Å². The van der Waals surface area contributed by atoms with E-state index in [1.54, 1.807) is 4.90 Å². The molecule has 0 spiro atoms. The lowest BCUT2D eigenvalue weighted by atomic mass is 10.2. The van der Waals surface area contributed by atoms with Gasteiger partial charge in [0.15, 0.2) is 0 Å². The Morgan fingerprint density at radius 1 is 1.35 bits per heavy atom. The molecule has 1 aromatic heterocycles. The number of nitrogens with zero attached hydrogens (tertiary/aromatic N) is 3. The summed E-state index contributed by atoms with van der Waals surface area (Å²) in [6.45, 7) is 3.17. The largest absolute Gasteiger partial charge is 0.347 e. The molecule has 7 heteroatoms. The minimum absolute atomic E-state index is 0.143. The van der Waals surface area contributed by atoms with E-state index < -0.39 is 0 Å². The fourth-order valence-corrected chi connectivity index (χ4v) is 3.26. The van der Waals surface area contributed by atoms with E-state index in [9.17, 15) is 9.59 Å². The Morgan fingerprint density at radius 3 is 2.78 bits per heavy atom. The second-order valence-electron chi connectivity index (χ2n) is 5.40. The first-order chi connectivity index (χ1) is 11.2. The smallest absolute Gasteiger partial charge is 0.265 e. The van der Waals surface area contributed by atoms with Crippen LogP contribution in [-0.2, 0) is 17.8 Å². The number of benzene rings is 1. The molecule has 1 aliphatic heterocycles. The van der Waals surface area contributed by atoms with Crippen LogP contribution in [-0.4, -0.2) is 27.9 Å². The van der Waals surface area contributed by atoms with Crippen molar-refractivity contribution in [3.63, 3.8) is 0 Å². The summed E-state index contributed by atoms with van der Waals surface area (Å²) in [5.41, 5.74) is 2.64. The molecule has 1 saturated heterocycles. The maximum Gasteiger partial charge on any atom is 0.265 e. The van der Waals surface area contributed by atoms with Gasteiger partial charge in [0, 0.05) is 25.2 Å². The minimum Gasteiger partial charge on any atom is -0.347 e. The van der Waals surface area contributed by atoms with Gasteiger partial charge in [-0.15, -0.1) is 5.10 Å². The molecule has 0 unspecified atom stereocenters. The van der Waals surface area contributed by atoms with Gasteiger partial charge in [-0.05, 0) is 42.1 Å². The zero-order valence-corrected chi connectivity index (χ0v) is 13.7. The number of hydrogen-bond donors (Lipinski definition) is 1. The fraction of sp³-hybridized carbons (Fsp3) is 0.375. The molecule has 1 aliphatic rings. The first-order valence-electron chi connectivity index (χ1n) is 7.67. The summed E-state index contributed by atoms with van der Waals surface area (Å²) < 4.78 is 3.83. The van der Waals surface area contributed by atoms with E-state index in [-0.39, 0.29) is 11.8 Å². The van der Waals surface area contributed by atoms with Crippen LogP contribution in [0.1, 0.15) is 40.7 Å². The van der Waals surface area contributed by atoms with Crippen LogP contribution >= 0.6 is 11.5 Å². The van der Waals surface area contributed by atoms with Crippen molar-refractivity contribution in [2.24, 2.45) is 0 Å². The highest BCUT2D eigenvalue weighted by molar-refractivity contribution is 7.08. The standard InChI is InChI=1S/C16H18N4O2S/c1-2-13-15(23-19-18-13)16(22)17-10-11-5-7-12(8-6-11)20-9-3-4-14(20)21/h5-8H,2-4,9-10H2,1H3,(H,17,22). The van der Waals surface area contributed by atoms with Gasteiger partial charge in [-0.1, -0.05) is 23.5 Å². The van der Waals surface area contributed by atoms with Crippen LogP contribution in [0.3, 0.4) is 0 Å². The van der Waals surface area contributed by atoms with Crippen molar-refractivity contribution in [3.05, 3.63) is 40.4 Å². The molecule has 0 saturated carbocycles. The summed E-state index contributed by atoms with van der Waals surface area (Å²) in [4.78, 5) is 26.2. The highest BCUT2D eigenvalue weighted by Crippen LogP contribution is 2.21. The van der Waals surface area contributed by atoms with Crippen molar-refractivity contribution < 1.29 is 9.59 Å². The Bertz CT molecular complexity index is 711. The molecule has 2 aromatic rings. The molecule has 1 fully saturated rings. The van der Waals surface area contributed by atoms with Gasteiger partial charge in [0.25, 0.3) is 5.91 Å². The Balaban J connectivity index is 1.60. The molecule has 0 aliphatic carbocycles. The van der Waals surface area contributed by atoms with Gasteiger partial charge in [0.2, 0.25) is 5.91 Å². The molecule has 1 N–H and O–H groups in total. The summed E-state index contributed by atoms with van der Waals surface area (Å²) in [7, 11) is 0. The van der Waals surface area contributed by atoms with Crippen molar-refractivity contribution in [1.82, 2.24) is 14.9 Å². The van der Waals surface area contributed by atoms with Crippen molar-refractivity contribution >= 4 is 29.0 Å². The highest BCUT2D eigenvalue weighted by atomic mass is 32.1. The molecule has 23 heavy (non-hydrogen) atoms. The molecule has 2 heterocycles. The van der Waals surface area contributed by atoms with Crippen LogP contribution in [0.25, 0.3) is 0 Å². The van der Waals surface area contributed by atoms with Crippen LogP contribution in [0, 0.1) is 0 Å². The average molecular weight is 330 g/mol. The predicted molar refractivity (Wildman–Crippen MR) is 88.5 cm³/mol. The summed E-state index contributed by atoms with van der Waals surface area (Å²) >= 11 is 1.12. The van der Waals surface area contributed by atoms with Crippen LogP contribution in [0.15, 0.2) is 24.3 Å². The fourth-order valence-electron chi connectivity index (χ4n) is 2.59. The Morgan fingerprint density at radius 2 is 2.13 bits per heavy atom. The number of aromatic nitrogens is 2. The van der Waals surface area contributed by atoms with Gasteiger partial charge in [-0.2, -0.15) is 0 Å². The van der Waals surface area contributed by atoms with E-state index in [0.717, 1.165) is 41.4 Å². The van der Waals surface area contributed by atoms with Gasteiger partial charge in [-0.3, -0.25) is 9.59 Å². The van der Waals surface area contributed by atoms with Crippen molar-refractivity contribution in [2.45, 2.75) is 32.7 Å². The maximum atomic E-state index is 12.1. The summed E-state index contributed by atoms with van der Waals surface area (Å²) in [6.07, 6.45) is 2.23. The molecule has 0 radical (unpaired) electrons. The second-order valence-corrected chi connectivity index (χ2v) is 6.15. The maximum absolute atomic E-state index is 12.1. The topological polar surface area (TPSA) is 75.2 Å². The lowest BCUT2D eigenvalue weighted by Crippen LogP contribution is -2.24. The zero-order chi connectivity index (χ0) is 16.2. The lowest BCUT2D eigenvalue weighted by Gasteiger charge is -2.16. The van der Waals surface area contributed by atoms with E-state index in [0.29, 0.717) is 24.3 Å². The van der Waals surface area contributed by atoms with Gasteiger partial charge in [-0.25, -0.2) is 0 Å². The number of carbonyl (C=O) groups is 2. The van der Waals surface area contributed by atoms with E-state index in [4.69, 9.17) is 0 Å². The summed E-state index contributed by atoms with van der Waals surface area (Å²) in [5.74, 6) is 0.0338. The van der Waals surface area contributed by atoms with E-state index in [1.807, 2.05) is 31.2 Å². The molecule has 120 valence electrons. The average Bonchev–Trinajstić information content (AvgIpc) is 3.21. The molecular weight excluding hydrogens is 312 g/mol. The minimum atomic E-state index is -0.143. The molecule has 0 atom stereocenters. The highest BCUT2D eigenvalue weighted by Gasteiger charge is 2.21. The van der Waals surface area contributed by atoms with E-state index >= 15 is 0 Å². The Kier molecular flexibility index (Phi) is 4.66. The van der Waals surface area contributed by atoms with Gasteiger partial charge >= 0.3 is 0 Å². The lowest BCUT2D eigenvalue weighted by molar-refractivity contribution is -0.117. The molecule has 1 aromatic carbocycles. The third kappa shape index (κ3) is 3.39. The van der Waals surface area contributed by atoms with Gasteiger partial charge < -0.3 is 10.2 Å². The van der Waals surface area contributed by atoms with Crippen LogP contribution in [0.5, 0.6) is 0 Å². The normalized spacial score (nSPS) is 14.3. The number of carbonyl (C=O) groups excluding carboxylic acids is 2. The molecule has 3 rings (SSSR count).